The number of H-pyrrole nitrogens is 1. The molecule has 226 valence electrons. The summed E-state index contributed by atoms with van der Waals surface area (Å²) in [6.07, 6.45) is 1.77. The number of hydrogen-bond donors (Lipinski definition) is 4. The van der Waals surface area contributed by atoms with Gasteiger partial charge in [0.05, 0.1) is 12.2 Å². The van der Waals surface area contributed by atoms with Crippen molar-refractivity contribution in [2.45, 2.75) is 76.9 Å². The van der Waals surface area contributed by atoms with Gasteiger partial charge in [0.2, 0.25) is 0 Å². The molecule has 43 heavy (non-hydrogen) atoms. The monoisotopic (exact) mass is 584 g/mol. The highest BCUT2D eigenvalue weighted by molar-refractivity contribution is 5.84. The molecule has 5 atom stereocenters. The van der Waals surface area contributed by atoms with E-state index in [0.717, 1.165) is 33.3 Å². The zero-order chi connectivity index (χ0) is 30.6. The van der Waals surface area contributed by atoms with Crippen LogP contribution < -0.4 is 15.5 Å². The van der Waals surface area contributed by atoms with Crippen LogP contribution in [0.25, 0.3) is 10.9 Å². The molecule has 0 saturated carbocycles. The number of benzene rings is 3. The van der Waals surface area contributed by atoms with Gasteiger partial charge in [0.25, 0.3) is 0 Å². The van der Waals surface area contributed by atoms with Crippen molar-refractivity contribution in [3.05, 3.63) is 102 Å². The number of carboxylic acids is 1. The van der Waals surface area contributed by atoms with Crippen LogP contribution in [-0.2, 0) is 22.6 Å². The van der Waals surface area contributed by atoms with Crippen LogP contribution >= 0.6 is 0 Å². The van der Waals surface area contributed by atoms with Gasteiger partial charge in [-0.2, -0.15) is 0 Å². The molecule has 3 aromatic carbocycles. The quantitative estimate of drug-likeness (QED) is 0.120. The van der Waals surface area contributed by atoms with Crippen molar-refractivity contribution in [3.8, 4) is 5.75 Å². The Morgan fingerprint density at radius 3 is 2.44 bits per heavy atom. The molecule has 1 fully saturated rings. The molecular formula is C34H40N4O5. The Labute approximate surface area is 252 Å². The number of amides is 1. The largest absolute Gasteiger partial charge is 0.489 e. The number of ether oxygens (including phenoxy) is 2. The van der Waals surface area contributed by atoms with E-state index in [9.17, 15) is 14.7 Å². The number of carbonyl (C=O) groups is 2. The Balaban J connectivity index is 1.32. The average Bonchev–Trinajstić information content (AvgIpc) is 3.48. The molecule has 3 unspecified atom stereocenters. The third-order valence-corrected chi connectivity index (χ3v) is 7.56. The van der Waals surface area contributed by atoms with Gasteiger partial charge in [0.1, 0.15) is 24.0 Å². The first-order valence-corrected chi connectivity index (χ1v) is 14.7. The second-order valence-electron chi connectivity index (χ2n) is 12.1. The maximum atomic E-state index is 12.9. The van der Waals surface area contributed by atoms with E-state index < -0.39 is 29.9 Å². The summed E-state index contributed by atoms with van der Waals surface area (Å²) in [4.78, 5) is 28.4. The molecule has 4 N–H and O–H groups in total. The number of carboxylic acid groups (broad SMARTS) is 1. The molecule has 1 saturated heterocycles. The Kier molecular flexibility index (Phi) is 9.03. The van der Waals surface area contributed by atoms with Gasteiger partial charge in [-0.05, 0) is 68.4 Å². The summed E-state index contributed by atoms with van der Waals surface area (Å²) in [6.45, 7) is 7.92. The van der Waals surface area contributed by atoms with Gasteiger partial charge in [0, 0.05) is 17.1 Å². The number of hydrazine groups is 1. The summed E-state index contributed by atoms with van der Waals surface area (Å²) in [5.41, 5.74) is 6.75. The average molecular weight is 585 g/mol. The standard InChI is InChI=1S/C34H40N4O5/c1-22(25-14-9-11-17-29(25)42-21-23-12-6-5-7-13-23)18-30(36-33(41)43-34(2,3)4)37-38-28(31(38)32(39)40)19-24-20-35-27-16-10-8-15-26(24)27/h5-17,20,22,28,30-31,35,37H,18-19,21H2,1-4H3,(H,36,41)(H,39,40)/t22?,28-,30?,31-,38?/m1/s1. The molecule has 9 heteroatoms. The summed E-state index contributed by atoms with van der Waals surface area (Å²) in [5.74, 6) is -0.196. The topological polar surface area (TPSA) is 116 Å². The third-order valence-electron chi connectivity index (χ3n) is 7.56. The third kappa shape index (κ3) is 7.74. The van der Waals surface area contributed by atoms with Gasteiger partial charge in [-0.1, -0.05) is 73.7 Å². The van der Waals surface area contributed by atoms with E-state index in [1.54, 1.807) is 25.8 Å². The van der Waals surface area contributed by atoms with E-state index in [0.29, 0.717) is 19.4 Å². The lowest BCUT2D eigenvalue weighted by Crippen LogP contribution is -2.50. The summed E-state index contributed by atoms with van der Waals surface area (Å²) in [5, 5.41) is 15.7. The normalized spacial score (nSPS) is 19.4. The van der Waals surface area contributed by atoms with E-state index in [4.69, 9.17) is 9.47 Å². The van der Waals surface area contributed by atoms with Crippen molar-refractivity contribution in [2.75, 3.05) is 0 Å². The minimum absolute atomic E-state index is 0.0466. The minimum atomic E-state index is -0.916. The molecule has 1 amide bonds. The molecule has 0 aliphatic carbocycles. The molecule has 4 aromatic rings. The molecule has 2 heterocycles. The lowest BCUT2D eigenvalue weighted by molar-refractivity contribution is -0.137. The molecule has 9 nitrogen and oxygen atoms in total. The molecular weight excluding hydrogens is 544 g/mol. The maximum absolute atomic E-state index is 12.9. The zero-order valence-corrected chi connectivity index (χ0v) is 25.0. The molecule has 1 aromatic heterocycles. The summed E-state index contributed by atoms with van der Waals surface area (Å²) in [7, 11) is 0. The van der Waals surface area contributed by atoms with Gasteiger partial charge in [0.15, 0.2) is 0 Å². The number of carbonyl (C=O) groups excluding carboxylic acids is 1. The van der Waals surface area contributed by atoms with E-state index in [1.165, 1.54) is 0 Å². The Bertz CT molecular complexity index is 1550. The van der Waals surface area contributed by atoms with Crippen LogP contribution in [0.15, 0.2) is 85.1 Å². The number of nitrogens with one attached hydrogen (secondary N) is 3. The van der Waals surface area contributed by atoms with Crippen molar-refractivity contribution >= 4 is 23.0 Å². The Morgan fingerprint density at radius 1 is 1.00 bits per heavy atom. The van der Waals surface area contributed by atoms with Crippen LogP contribution in [0, 0.1) is 0 Å². The summed E-state index contributed by atoms with van der Waals surface area (Å²) in [6, 6.07) is 24.8. The first kappa shape index (κ1) is 30.1. The smallest absolute Gasteiger partial charge is 0.408 e. The van der Waals surface area contributed by atoms with Gasteiger partial charge in [-0.15, -0.1) is 0 Å². The van der Waals surface area contributed by atoms with Gasteiger partial charge in [-0.25, -0.2) is 15.2 Å². The van der Waals surface area contributed by atoms with Crippen molar-refractivity contribution in [2.24, 2.45) is 0 Å². The Hall–Kier alpha value is -4.34. The Morgan fingerprint density at radius 2 is 1.70 bits per heavy atom. The first-order chi connectivity index (χ1) is 20.6. The van der Waals surface area contributed by atoms with Crippen LogP contribution in [0.2, 0.25) is 0 Å². The fourth-order valence-electron chi connectivity index (χ4n) is 5.48. The number of aliphatic carboxylic acids is 1. The van der Waals surface area contributed by atoms with E-state index in [1.807, 2.05) is 85.1 Å². The van der Waals surface area contributed by atoms with E-state index in [2.05, 4.69) is 22.7 Å². The fraction of sp³-hybridized carbons (Fsp3) is 0.353. The zero-order valence-electron chi connectivity index (χ0n) is 25.0. The number of alkyl carbamates (subject to hydrolysis) is 1. The molecule has 0 bridgehead atoms. The number of nitrogens with zero attached hydrogens (tertiary/aromatic N) is 1. The number of rotatable bonds is 12. The first-order valence-electron chi connectivity index (χ1n) is 14.7. The maximum Gasteiger partial charge on any atom is 0.408 e. The van der Waals surface area contributed by atoms with Crippen LogP contribution in [0.4, 0.5) is 4.79 Å². The number of para-hydroxylation sites is 2. The van der Waals surface area contributed by atoms with Crippen molar-refractivity contribution in [3.63, 3.8) is 0 Å². The van der Waals surface area contributed by atoms with Gasteiger partial charge >= 0.3 is 12.1 Å². The second kappa shape index (κ2) is 12.9. The van der Waals surface area contributed by atoms with Crippen LogP contribution in [0.5, 0.6) is 5.75 Å². The summed E-state index contributed by atoms with van der Waals surface area (Å²) >= 11 is 0. The molecule has 1 aliphatic heterocycles. The summed E-state index contributed by atoms with van der Waals surface area (Å²) < 4.78 is 11.8. The van der Waals surface area contributed by atoms with Gasteiger partial charge in [-0.3, -0.25) is 4.79 Å². The molecule has 1 aliphatic rings. The minimum Gasteiger partial charge on any atom is -0.489 e. The molecule has 5 rings (SSSR count). The number of fused-ring (bicyclic) bond motifs is 1. The predicted molar refractivity (Wildman–Crippen MR) is 166 cm³/mol. The van der Waals surface area contributed by atoms with Crippen LogP contribution in [0.3, 0.4) is 0 Å². The highest BCUT2D eigenvalue weighted by atomic mass is 16.6. The second-order valence-corrected chi connectivity index (χ2v) is 12.1. The number of hydrogen-bond acceptors (Lipinski definition) is 6. The molecule has 0 spiro atoms. The van der Waals surface area contributed by atoms with Crippen LogP contribution in [-0.4, -0.2) is 51.0 Å². The van der Waals surface area contributed by atoms with Crippen molar-refractivity contribution in [1.82, 2.24) is 20.7 Å². The van der Waals surface area contributed by atoms with Crippen molar-refractivity contribution < 1.29 is 24.2 Å². The predicted octanol–water partition coefficient (Wildman–Crippen LogP) is 5.98. The van der Waals surface area contributed by atoms with Crippen molar-refractivity contribution in [1.29, 1.82) is 0 Å². The number of aromatic amines is 1. The SMILES string of the molecule is CC(CC(NC(=O)OC(C)(C)C)NN1[C@H](Cc2c[nH]c3ccccc23)[C@@H]1C(=O)O)c1ccccc1OCc1ccccc1. The van der Waals surface area contributed by atoms with Crippen LogP contribution in [0.1, 0.15) is 56.7 Å². The van der Waals surface area contributed by atoms with E-state index >= 15 is 0 Å². The lowest BCUT2D eigenvalue weighted by atomic mass is 9.95. The van der Waals surface area contributed by atoms with E-state index in [-0.39, 0.29) is 12.0 Å². The fourth-order valence-corrected chi connectivity index (χ4v) is 5.48. The highest BCUT2D eigenvalue weighted by Gasteiger charge is 2.54. The molecule has 0 radical (unpaired) electrons. The highest BCUT2D eigenvalue weighted by Crippen LogP contribution is 2.34. The number of aromatic nitrogens is 1. The lowest BCUT2D eigenvalue weighted by Gasteiger charge is -2.27. The van der Waals surface area contributed by atoms with Gasteiger partial charge < -0.3 is 24.9 Å².